The number of hydrogen-bond acceptors (Lipinski definition) is 4. The zero-order valence-corrected chi connectivity index (χ0v) is 14.5. The second kappa shape index (κ2) is 8.90. The Hall–Kier alpha value is -1.57. The van der Waals surface area contributed by atoms with Crippen molar-refractivity contribution in [3.05, 3.63) is 29.8 Å². The molecule has 2 aliphatic heterocycles. The summed E-state index contributed by atoms with van der Waals surface area (Å²) in [4.78, 5) is 4.95. The van der Waals surface area contributed by atoms with Crippen molar-refractivity contribution in [1.29, 1.82) is 5.26 Å². The predicted molar refractivity (Wildman–Crippen MR) is 96.5 cm³/mol. The topological polar surface area (TPSA) is 56.3 Å². The summed E-state index contributed by atoms with van der Waals surface area (Å²) in [6, 6.07) is 11.3. The van der Waals surface area contributed by atoms with Crippen LogP contribution >= 0.6 is 0 Å². The molecule has 0 radical (unpaired) electrons. The highest BCUT2D eigenvalue weighted by Crippen LogP contribution is 2.26. The smallest absolute Gasteiger partial charge is 0.101 e. The first-order chi connectivity index (χ1) is 11.3. The van der Waals surface area contributed by atoms with Crippen LogP contribution in [0.15, 0.2) is 24.3 Å². The molecule has 126 valence electrons. The van der Waals surface area contributed by atoms with E-state index in [4.69, 9.17) is 5.73 Å². The maximum Gasteiger partial charge on any atom is 0.101 e. The molecule has 0 saturated carbocycles. The number of nitrogens with zero attached hydrogens (tertiary/aromatic N) is 3. The van der Waals surface area contributed by atoms with E-state index in [0.717, 1.165) is 30.9 Å². The van der Waals surface area contributed by atoms with Crippen molar-refractivity contribution >= 4 is 5.69 Å². The Morgan fingerprint density at radius 1 is 1.09 bits per heavy atom. The van der Waals surface area contributed by atoms with Crippen molar-refractivity contribution in [1.82, 2.24) is 4.90 Å². The van der Waals surface area contributed by atoms with Crippen molar-refractivity contribution in [3.63, 3.8) is 0 Å². The first kappa shape index (κ1) is 17.8. The molecule has 1 unspecified atom stereocenters. The van der Waals surface area contributed by atoms with Gasteiger partial charge in [0.1, 0.15) is 6.07 Å². The lowest BCUT2D eigenvalue weighted by Crippen LogP contribution is -2.51. The fraction of sp³-hybridized carbons (Fsp3) is 0.632. The van der Waals surface area contributed by atoms with Crippen LogP contribution in [0.1, 0.15) is 45.1 Å². The number of anilines is 1. The number of hydrogen-bond donors (Lipinski definition) is 1. The van der Waals surface area contributed by atoms with Crippen LogP contribution in [-0.4, -0.2) is 43.2 Å². The molecular formula is C19H30N4. The van der Waals surface area contributed by atoms with Gasteiger partial charge in [-0.25, -0.2) is 0 Å². The second-order valence-corrected chi connectivity index (χ2v) is 6.24. The summed E-state index contributed by atoms with van der Waals surface area (Å²) in [7, 11) is 0. The van der Waals surface area contributed by atoms with Gasteiger partial charge in [-0.1, -0.05) is 26.0 Å². The third-order valence-electron chi connectivity index (χ3n) is 4.84. The van der Waals surface area contributed by atoms with Crippen LogP contribution in [0.2, 0.25) is 0 Å². The molecule has 4 heteroatoms. The quantitative estimate of drug-likeness (QED) is 0.912. The molecule has 2 N–H and O–H groups in total. The molecule has 2 fully saturated rings. The Kier molecular flexibility index (Phi) is 6.88. The van der Waals surface area contributed by atoms with Gasteiger partial charge in [-0.2, -0.15) is 5.26 Å². The molecule has 2 saturated heterocycles. The summed E-state index contributed by atoms with van der Waals surface area (Å²) < 4.78 is 0. The minimum absolute atomic E-state index is 0.357. The Morgan fingerprint density at radius 3 is 2.43 bits per heavy atom. The molecule has 1 atom stereocenters. The van der Waals surface area contributed by atoms with Crippen molar-refractivity contribution in [2.24, 2.45) is 5.73 Å². The minimum atomic E-state index is 0.357. The Balaban J connectivity index is 0.000000924. The van der Waals surface area contributed by atoms with Gasteiger partial charge in [-0.15, -0.1) is 0 Å². The van der Waals surface area contributed by atoms with E-state index in [9.17, 15) is 5.26 Å². The van der Waals surface area contributed by atoms with E-state index in [1.807, 2.05) is 32.0 Å². The lowest BCUT2D eigenvalue weighted by Gasteiger charge is -2.42. The van der Waals surface area contributed by atoms with Crippen LogP contribution in [-0.2, 0) is 0 Å². The molecule has 0 bridgehead atoms. The van der Waals surface area contributed by atoms with Gasteiger partial charge in [0.25, 0.3) is 0 Å². The third-order valence-corrected chi connectivity index (χ3v) is 4.84. The summed E-state index contributed by atoms with van der Waals surface area (Å²) >= 11 is 0. The summed E-state index contributed by atoms with van der Waals surface area (Å²) in [6.45, 7) is 8.33. The molecule has 3 rings (SSSR count). The van der Waals surface area contributed by atoms with Gasteiger partial charge in [0.2, 0.25) is 0 Å². The molecule has 0 spiro atoms. The number of piperidine rings is 2. The average Bonchev–Trinajstić information content (AvgIpc) is 2.63. The van der Waals surface area contributed by atoms with Crippen LogP contribution in [0.5, 0.6) is 0 Å². The molecule has 4 nitrogen and oxygen atoms in total. The van der Waals surface area contributed by atoms with Crippen molar-refractivity contribution < 1.29 is 0 Å². The summed E-state index contributed by atoms with van der Waals surface area (Å²) in [5, 5.41) is 9.24. The maximum atomic E-state index is 9.24. The summed E-state index contributed by atoms with van der Waals surface area (Å²) in [5.74, 6) is 0. The molecule has 23 heavy (non-hydrogen) atoms. The zero-order chi connectivity index (χ0) is 16.7. The Morgan fingerprint density at radius 2 is 1.78 bits per heavy atom. The monoisotopic (exact) mass is 314 g/mol. The SMILES string of the molecule is CC.N#Cc1ccccc1N1CCC(N2CCCC(N)C2)CC1. The van der Waals surface area contributed by atoms with E-state index >= 15 is 0 Å². The minimum Gasteiger partial charge on any atom is -0.370 e. The van der Waals surface area contributed by atoms with Gasteiger partial charge in [-0.05, 0) is 44.4 Å². The summed E-state index contributed by atoms with van der Waals surface area (Å²) in [5.41, 5.74) is 7.98. The summed E-state index contributed by atoms with van der Waals surface area (Å²) in [6.07, 6.45) is 4.75. The Labute approximate surface area is 140 Å². The Bertz CT molecular complexity index is 514. The van der Waals surface area contributed by atoms with E-state index in [2.05, 4.69) is 21.9 Å². The van der Waals surface area contributed by atoms with E-state index in [0.29, 0.717) is 12.1 Å². The van der Waals surface area contributed by atoms with E-state index in [1.165, 1.54) is 32.2 Å². The third kappa shape index (κ3) is 4.46. The van der Waals surface area contributed by atoms with E-state index in [1.54, 1.807) is 0 Å². The fourth-order valence-electron chi connectivity index (χ4n) is 3.69. The number of rotatable bonds is 2. The molecule has 2 heterocycles. The number of para-hydroxylation sites is 1. The van der Waals surface area contributed by atoms with Crippen LogP contribution in [0.3, 0.4) is 0 Å². The predicted octanol–water partition coefficient (Wildman–Crippen LogP) is 2.98. The molecular weight excluding hydrogens is 284 g/mol. The van der Waals surface area contributed by atoms with Gasteiger partial charge in [0.15, 0.2) is 0 Å². The zero-order valence-electron chi connectivity index (χ0n) is 14.5. The van der Waals surface area contributed by atoms with Crippen molar-refractivity contribution in [2.75, 3.05) is 31.1 Å². The molecule has 0 amide bonds. The molecule has 1 aromatic rings. The lowest BCUT2D eigenvalue weighted by molar-refractivity contribution is 0.129. The average molecular weight is 314 g/mol. The first-order valence-corrected chi connectivity index (χ1v) is 9.01. The standard InChI is InChI=1S/C17H24N4.C2H6/c18-12-14-4-1-2-6-17(14)20-10-7-16(8-11-20)21-9-3-5-15(19)13-21;1-2/h1-2,4,6,15-16H,3,5,7-11,13,19H2;1-2H3. The van der Waals surface area contributed by atoms with E-state index in [-0.39, 0.29) is 0 Å². The second-order valence-electron chi connectivity index (χ2n) is 6.24. The van der Waals surface area contributed by atoms with Gasteiger partial charge in [0.05, 0.1) is 11.3 Å². The van der Waals surface area contributed by atoms with Gasteiger partial charge < -0.3 is 10.6 Å². The fourth-order valence-corrected chi connectivity index (χ4v) is 3.69. The highest BCUT2D eigenvalue weighted by Gasteiger charge is 2.28. The van der Waals surface area contributed by atoms with Crippen LogP contribution in [0.25, 0.3) is 0 Å². The largest absolute Gasteiger partial charge is 0.370 e. The van der Waals surface area contributed by atoms with E-state index < -0.39 is 0 Å². The van der Waals surface area contributed by atoms with Crippen LogP contribution < -0.4 is 10.6 Å². The molecule has 1 aromatic carbocycles. The molecule has 0 aromatic heterocycles. The number of nitriles is 1. The van der Waals surface area contributed by atoms with Crippen LogP contribution in [0.4, 0.5) is 5.69 Å². The highest BCUT2D eigenvalue weighted by atomic mass is 15.2. The van der Waals surface area contributed by atoms with Gasteiger partial charge >= 0.3 is 0 Å². The number of benzene rings is 1. The van der Waals surface area contributed by atoms with Gasteiger partial charge in [-0.3, -0.25) is 4.90 Å². The first-order valence-electron chi connectivity index (χ1n) is 9.01. The molecule has 0 aliphatic carbocycles. The van der Waals surface area contributed by atoms with Crippen molar-refractivity contribution in [2.45, 2.75) is 51.6 Å². The normalized spacial score (nSPS) is 22.9. The number of nitrogens with two attached hydrogens (primary N) is 1. The van der Waals surface area contributed by atoms with Crippen molar-refractivity contribution in [3.8, 4) is 6.07 Å². The molecule has 2 aliphatic rings. The van der Waals surface area contributed by atoms with Gasteiger partial charge in [0, 0.05) is 31.7 Å². The maximum absolute atomic E-state index is 9.24. The number of likely N-dealkylation sites (tertiary alicyclic amines) is 1. The lowest BCUT2D eigenvalue weighted by atomic mass is 9.97. The van der Waals surface area contributed by atoms with Crippen LogP contribution in [0, 0.1) is 11.3 Å². The highest BCUT2D eigenvalue weighted by molar-refractivity contribution is 5.59.